The van der Waals surface area contributed by atoms with Gasteiger partial charge in [0.15, 0.2) is 0 Å². The summed E-state index contributed by atoms with van der Waals surface area (Å²) in [5.74, 6) is 0.344. The molecule has 1 aliphatic heterocycles. The molecule has 1 atom stereocenters. The van der Waals surface area contributed by atoms with Crippen molar-refractivity contribution in [3.05, 3.63) is 52.6 Å². The van der Waals surface area contributed by atoms with Crippen molar-refractivity contribution < 1.29 is 25.2 Å². The van der Waals surface area contributed by atoms with Crippen molar-refractivity contribution >= 4 is 0 Å². The monoisotopic (exact) mass is 342 g/mol. The predicted octanol–water partition coefficient (Wildman–Crippen LogP) is 3.74. The second kappa shape index (κ2) is 6.59. The third kappa shape index (κ3) is 3.36. The number of phenols is 4. The van der Waals surface area contributed by atoms with Crippen LogP contribution in [0.4, 0.5) is 0 Å². The van der Waals surface area contributed by atoms with E-state index in [1.165, 1.54) is 12.1 Å². The fourth-order valence-electron chi connectivity index (χ4n) is 3.13. The Hall–Kier alpha value is -2.82. The van der Waals surface area contributed by atoms with E-state index in [9.17, 15) is 20.4 Å². The average molecular weight is 342 g/mol. The van der Waals surface area contributed by atoms with Crippen LogP contribution in [0.1, 0.15) is 36.5 Å². The van der Waals surface area contributed by atoms with E-state index in [1.54, 1.807) is 12.1 Å². The number of rotatable bonds is 3. The smallest absolute Gasteiger partial charge is 0.129 e. The first-order valence-corrected chi connectivity index (χ1v) is 8.21. The van der Waals surface area contributed by atoms with Crippen molar-refractivity contribution in [1.82, 2.24) is 0 Å². The maximum atomic E-state index is 10.6. The Bertz CT molecular complexity index is 834. The van der Waals surface area contributed by atoms with E-state index < -0.39 is 0 Å². The summed E-state index contributed by atoms with van der Waals surface area (Å²) < 4.78 is 5.67. The zero-order valence-electron chi connectivity index (χ0n) is 14.3. The zero-order chi connectivity index (χ0) is 18.1. The first-order chi connectivity index (χ1) is 11.9. The minimum Gasteiger partial charge on any atom is -0.508 e. The first kappa shape index (κ1) is 17.0. The minimum atomic E-state index is -0.158. The van der Waals surface area contributed by atoms with Crippen molar-refractivity contribution in [1.29, 1.82) is 0 Å². The molecular weight excluding hydrogens is 320 g/mol. The molecule has 4 N–H and O–H groups in total. The van der Waals surface area contributed by atoms with E-state index in [-0.39, 0.29) is 28.9 Å². The summed E-state index contributed by atoms with van der Waals surface area (Å²) in [5.41, 5.74) is 2.86. The van der Waals surface area contributed by atoms with Crippen LogP contribution in [0, 0.1) is 0 Å². The Labute approximate surface area is 146 Å². The van der Waals surface area contributed by atoms with Gasteiger partial charge < -0.3 is 25.2 Å². The molecule has 0 spiro atoms. The van der Waals surface area contributed by atoms with Crippen LogP contribution in [0.25, 0.3) is 0 Å². The van der Waals surface area contributed by atoms with Crippen LogP contribution < -0.4 is 4.74 Å². The molecule has 2 aromatic carbocycles. The molecule has 25 heavy (non-hydrogen) atoms. The van der Waals surface area contributed by atoms with Crippen LogP contribution >= 0.6 is 0 Å². The van der Waals surface area contributed by atoms with Gasteiger partial charge >= 0.3 is 0 Å². The van der Waals surface area contributed by atoms with Gasteiger partial charge in [-0.2, -0.15) is 0 Å². The molecule has 1 heterocycles. The summed E-state index contributed by atoms with van der Waals surface area (Å²) in [4.78, 5) is 0. The Morgan fingerprint density at radius 2 is 1.88 bits per heavy atom. The molecule has 1 aliphatic rings. The number of ether oxygens (including phenoxy) is 1. The molecule has 0 aromatic heterocycles. The standard InChI is InChI=1S/C20H22O5/c1-11(2)3-4-15-17(22)6-5-14(20(15)24)12-7-16-18(23)8-13(21)9-19(16)25-10-12/h3,5-6,8-9,12,21-24H,4,7,10H2,1-2H3/t12-/m1/s1. The summed E-state index contributed by atoms with van der Waals surface area (Å²) in [5, 5.41) is 40.3. The van der Waals surface area contributed by atoms with Gasteiger partial charge in [0.2, 0.25) is 0 Å². The maximum Gasteiger partial charge on any atom is 0.129 e. The van der Waals surface area contributed by atoms with Crippen LogP contribution in [0.2, 0.25) is 0 Å². The third-order valence-corrected chi connectivity index (χ3v) is 4.50. The van der Waals surface area contributed by atoms with Gasteiger partial charge in [0.05, 0.1) is 6.61 Å². The lowest BCUT2D eigenvalue weighted by Crippen LogP contribution is -2.19. The molecule has 0 amide bonds. The quantitative estimate of drug-likeness (QED) is 0.638. The Kier molecular flexibility index (Phi) is 4.49. The molecule has 2 aromatic rings. The molecule has 0 aliphatic carbocycles. The summed E-state index contributed by atoms with van der Waals surface area (Å²) in [6.45, 7) is 4.24. The van der Waals surface area contributed by atoms with Crippen LogP contribution in [0.3, 0.4) is 0 Å². The fourth-order valence-corrected chi connectivity index (χ4v) is 3.13. The lowest BCUT2D eigenvalue weighted by atomic mass is 9.87. The van der Waals surface area contributed by atoms with Gasteiger partial charge in [0.25, 0.3) is 0 Å². The Morgan fingerprint density at radius 1 is 1.12 bits per heavy atom. The number of allylic oxidation sites excluding steroid dienone is 2. The van der Waals surface area contributed by atoms with Crippen molar-refractivity contribution in [3.8, 4) is 28.7 Å². The van der Waals surface area contributed by atoms with E-state index in [4.69, 9.17) is 4.74 Å². The maximum absolute atomic E-state index is 10.6. The van der Waals surface area contributed by atoms with E-state index in [0.29, 0.717) is 41.9 Å². The lowest BCUT2D eigenvalue weighted by molar-refractivity contribution is 0.254. The molecule has 132 valence electrons. The number of hydrogen-bond donors (Lipinski definition) is 4. The largest absolute Gasteiger partial charge is 0.508 e. The summed E-state index contributed by atoms with van der Waals surface area (Å²) >= 11 is 0. The summed E-state index contributed by atoms with van der Waals surface area (Å²) in [6.07, 6.45) is 2.86. The van der Waals surface area contributed by atoms with Gasteiger partial charge in [-0.25, -0.2) is 0 Å². The number of aromatic hydroxyl groups is 4. The van der Waals surface area contributed by atoms with E-state index in [2.05, 4.69) is 0 Å². The molecule has 0 saturated heterocycles. The van der Waals surface area contributed by atoms with Gasteiger partial charge in [0.1, 0.15) is 28.7 Å². The highest BCUT2D eigenvalue weighted by Gasteiger charge is 2.27. The SMILES string of the molecule is CC(C)=CCc1c(O)ccc([C@H]2COc3cc(O)cc(O)c3C2)c1O. The molecule has 0 unspecified atom stereocenters. The Balaban J connectivity index is 1.95. The highest BCUT2D eigenvalue weighted by molar-refractivity contribution is 5.55. The van der Waals surface area contributed by atoms with Crippen LogP contribution in [-0.2, 0) is 12.8 Å². The minimum absolute atomic E-state index is 0.0252. The number of phenolic OH excluding ortho intramolecular Hbond substituents is 4. The van der Waals surface area contributed by atoms with Crippen LogP contribution in [0.5, 0.6) is 28.7 Å². The predicted molar refractivity (Wildman–Crippen MR) is 94.6 cm³/mol. The van der Waals surface area contributed by atoms with Gasteiger partial charge in [-0.05, 0) is 32.8 Å². The van der Waals surface area contributed by atoms with Crippen molar-refractivity contribution in [3.63, 3.8) is 0 Å². The third-order valence-electron chi connectivity index (χ3n) is 4.50. The Morgan fingerprint density at radius 3 is 2.60 bits per heavy atom. The van der Waals surface area contributed by atoms with Gasteiger partial charge in [-0.1, -0.05) is 17.7 Å². The van der Waals surface area contributed by atoms with E-state index in [1.807, 2.05) is 19.9 Å². The number of hydrogen-bond acceptors (Lipinski definition) is 5. The fraction of sp³-hybridized carbons (Fsp3) is 0.300. The van der Waals surface area contributed by atoms with Gasteiger partial charge in [-0.3, -0.25) is 0 Å². The second-order valence-corrected chi connectivity index (χ2v) is 6.64. The molecule has 5 nitrogen and oxygen atoms in total. The molecule has 0 radical (unpaired) electrons. The first-order valence-electron chi connectivity index (χ1n) is 8.21. The van der Waals surface area contributed by atoms with Crippen LogP contribution in [0.15, 0.2) is 35.9 Å². The normalized spacial score (nSPS) is 16.0. The average Bonchev–Trinajstić information content (AvgIpc) is 2.54. The second-order valence-electron chi connectivity index (χ2n) is 6.64. The lowest BCUT2D eigenvalue weighted by Gasteiger charge is -2.27. The van der Waals surface area contributed by atoms with Crippen molar-refractivity contribution in [2.75, 3.05) is 6.61 Å². The molecule has 0 bridgehead atoms. The molecular formula is C20H22O5. The van der Waals surface area contributed by atoms with Crippen molar-refractivity contribution in [2.24, 2.45) is 0 Å². The number of benzene rings is 2. The van der Waals surface area contributed by atoms with Crippen molar-refractivity contribution in [2.45, 2.75) is 32.6 Å². The topological polar surface area (TPSA) is 90.2 Å². The van der Waals surface area contributed by atoms with Gasteiger partial charge in [0, 0.05) is 34.7 Å². The van der Waals surface area contributed by atoms with E-state index >= 15 is 0 Å². The molecule has 0 fully saturated rings. The van der Waals surface area contributed by atoms with Gasteiger partial charge in [-0.15, -0.1) is 0 Å². The zero-order valence-corrected chi connectivity index (χ0v) is 14.3. The summed E-state index contributed by atoms with van der Waals surface area (Å²) in [6, 6.07) is 6.02. The highest BCUT2D eigenvalue weighted by atomic mass is 16.5. The number of fused-ring (bicyclic) bond motifs is 1. The molecule has 0 saturated carbocycles. The van der Waals surface area contributed by atoms with E-state index in [0.717, 1.165) is 5.57 Å². The summed E-state index contributed by atoms with van der Waals surface area (Å²) in [7, 11) is 0. The highest BCUT2D eigenvalue weighted by Crippen LogP contribution is 2.43. The van der Waals surface area contributed by atoms with Crippen LogP contribution in [-0.4, -0.2) is 27.0 Å². The molecule has 3 rings (SSSR count). The molecule has 5 heteroatoms.